The average molecular weight is 292 g/mol. The number of benzene rings is 1. The monoisotopic (exact) mass is 292 g/mol. The van der Waals surface area contributed by atoms with Crippen molar-refractivity contribution in [2.24, 2.45) is 10.9 Å². The standard InChI is InChI=1S/C15H20N2O4/c1-3-4-9-21-14(19)11(2)10-16-15(20)17-12-7-5-6-8-13(12)18/h5-8,10-11,18H,3-4,9H2,1-2H3,(H,17,20). The van der Waals surface area contributed by atoms with E-state index in [9.17, 15) is 14.7 Å². The number of nitrogens with one attached hydrogen (secondary N) is 1. The van der Waals surface area contributed by atoms with Gasteiger partial charge in [0, 0.05) is 6.21 Å². The van der Waals surface area contributed by atoms with Gasteiger partial charge in [0.15, 0.2) is 0 Å². The molecular formula is C15H20N2O4. The van der Waals surface area contributed by atoms with E-state index in [1.54, 1.807) is 25.1 Å². The summed E-state index contributed by atoms with van der Waals surface area (Å²) in [6, 6.07) is 5.65. The number of hydrogen-bond donors (Lipinski definition) is 2. The van der Waals surface area contributed by atoms with Gasteiger partial charge in [-0.3, -0.25) is 4.79 Å². The van der Waals surface area contributed by atoms with E-state index < -0.39 is 17.9 Å². The lowest BCUT2D eigenvalue weighted by Crippen LogP contribution is -2.18. The predicted octanol–water partition coefficient (Wildman–Crippen LogP) is 2.97. The molecule has 0 saturated carbocycles. The van der Waals surface area contributed by atoms with Gasteiger partial charge in [0.1, 0.15) is 5.75 Å². The van der Waals surface area contributed by atoms with Gasteiger partial charge in [0.25, 0.3) is 0 Å². The molecule has 1 atom stereocenters. The number of unbranched alkanes of at least 4 members (excludes halogenated alkanes) is 1. The maximum absolute atomic E-state index is 11.6. The Hall–Kier alpha value is -2.37. The minimum Gasteiger partial charge on any atom is -0.506 e. The van der Waals surface area contributed by atoms with Crippen molar-refractivity contribution < 1.29 is 19.4 Å². The van der Waals surface area contributed by atoms with Crippen molar-refractivity contribution in [3.05, 3.63) is 24.3 Å². The molecule has 1 aromatic carbocycles. The highest BCUT2D eigenvalue weighted by Crippen LogP contribution is 2.21. The lowest BCUT2D eigenvalue weighted by atomic mass is 10.2. The topological polar surface area (TPSA) is 88.0 Å². The summed E-state index contributed by atoms with van der Waals surface area (Å²) in [5.74, 6) is -1.06. The smallest absolute Gasteiger partial charge is 0.345 e. The summed E-state index contributed by atoms with van der Waals surface area (Å²) in [6.07, 6.45) is 2.98. The number of aliphatic imine (C=N–C) groups is 1. The lowest BCUT2D eigenvalue weighted by Gasteiger charge is -2.07. The Morgan fingerprint density at radius 1 is 1.43 bits per heavy atom. The first-order valence-corrected chi connectivity index (χ1v) is 6.84. The lowest BCUT2D eigenvalue weighted by molar-refractivity contribution is -0.145. The number of hydrogen-bond acceptors (Lipinski definition) is 4. The van der Waals surface area contributed by atoms with Crippen molar-refractivity contribution in [2.75, 3.05) is 11.9 Å². The van der Waals surface area contributed by atoms with E-state index >= 15 is 0 Å². The molecule has 0 aliphatic carbocycles. The van der Waals surface area contributed by atoms with Gasteiger partial charge >= 0.3 is 12.0 Å². The zero-order chi connectivity index (χ0) is 15.7. The largest absolute Gasteiger partial charge is 0.506 e. The number of aromatic hydroxyl groups is 1. The van der Waals surface area contributed by atoms with Gasteiger partial charge in [0.2, 0.25) is 0 Å². The van der Waals surface area contributed by atoms with Crippen LogP contribution in [-0.2, 0) is 9.53 Å². The summed E-state index contributed by atoms with van der Waals surface area (Å²) >= 11 is 0. The van der Waals surface area contributed by atoms with E-state index in [1.807, 2.05) is 6.92 Å². The number of esters is 1. The van der Waals surface area contributed by atoms with Gasteiger partial charge in [-0.25, -0.2) is 9.79 Å². The Kier molecular flexibility index (Phi) is 6.94. The Labute approximate surface area is 123 Å². The number of urea groups is 1. The summed E-state index contributed by atoms with van der Waals surface area (Å²) in [5, 5.41) is 11.9. The fraction of sp³-hybridized carbons (Fsp3) is 0.400. The predicted molar refractivity (Wildman–Crippen MR) is 80.6 cm³/mol. The second-order valence-corrected chi connectivity index (χ2v) is 4.54. The summed E-state index contributed by atoms with van der Waals surface area (Å²) in [7, 11) is 0. The Morgan fingerprint density at radius 2 is 2.14 bits per heavy atom. The van der Waals surface area contributed by atoms with Crippen molar-refractivity contribution in [1.29, 1.82) is 0 Å². The number of carbonyl (C=O) groups excluding carboxylic acids is 2. The van der Waals surface area contributed by atoms with Crippen molar-refractivity contribution in [1.82, 2.24) is 0 Å². The third-order valence-electron chi connectivity index (χ3n) is 2.68. The molecule has 1 rings (SSSR count). The normalized spacial score (nSPS) is 12.1. The first-order chi connectivity index (χ1) is 10.0. The minimum absolute atomic E-state index is 0.0481. The number of anilines is 1. The van der Waals surface area contributed by atoms with Gasteiger partial charge in [-0.15, -0.1) is 0 Å². The summed E-state index contributed by atoms with van der Waals surface area (Å²) in [4.78, 5) is 26.8. The Balaban J connectivity index is 2.46. The molecule has 21 heavy (non-hydrogen) atoms. The van der Waals surface area contributed by atoms with Crippen LogP contribution in [0, 0.1) is 5.92 Å². The van der Waals surface area contributed by atoms with Crippen LogP contribution in [0.5, 0.6) is 5.75 Å². The first-order valence-electron chi connectivity index (χ1n) is 6.84. The third-order valence-corrected chi connectivity index (χ3v) is 2.68. The SMILES string of the molecule is CCCCOC(=O)C(C)C=NC(=O)Nc1ccccc1O. The van der Waals surface area contributed by atoms with E-state index in [1.165, 1.54) is 12.3 Å². The molecule has 6 heteroatoms. The molecule has 0 saturated heterocycles. The highest BCUT2D eigenvalue weighted by atomic mass is 16.5. The number of ether oxygens (including phenoxy) is 1. The molecule has 2 N–H and O–H groups in total. The molecule has 114 valence electrons. The molecule has 6 nitrogen and oxygen atoms in total. The molecule has 0 radical (unpaired) electrons. The molecule has 0 aliphatic heterocycles. The van der Waals surface area contributed by atoms with E-state index in [0.717, 1.165) is 12.8 Å². The molecular weight excluding hydrogens is 272 g/mol. The summed E-state index contributed by atoms with van der Waals surface area (Å²) in [6.45, 7) is 3.98. The van der Waals surface area contributed by atoms with Crippen LogP contribution >= 0.6 is 0 Å². The summed E-state index contributed by atoms with van der Waals surface area (Å²) < 4.78 is 5.01. The van der Waals surface area contributed by atoms with Gasteiger partial charge in [-0.2, -0.15) is 0 Å². The van der Waals surface area contributed by atoms with Gasteiger partial charge in [-0.05, 0) is 25.5 Å². The van der Waals surface area contributed by atoms with Gasteiger partial charge in [0.05, 0.1) is 18.2 Å². The second kappa shape index (κ2) is 8.73. The molecule has 0 fully saturated rings. The van der Waals surface area contributed by atoms with E-state index in [2.05, 4.69) is 10.3 Å². The van der Waals surface area contributed by atoms with Crippen LogP contribution in [0.3, 0.4) is 0 Å². The highest BCUT2D eigenvalue weighted by Gasteiger charge is 2.12. The second-order valence-electron chi connectivity index (χ2n) is 4.54. The zero-order valence-electron chi connectivity index (χ0n) is 12.2. The zero-order valence-corrected chi connectivity index (χ0v) is 12.2. The van der Waals surface area contributed by atoms with E-state index in [-0.39, 0.29) is 11.4 Å². The van der Waals surface area contributed by atoms with Crippen LogP contribution in [0.25, 0.3) is 0 Å². The van der Waals surface area contributed by atoms with Crippen molar-refractivity contribution >= 4 is 23.9 Å². The number of para-hydroxylation sites is 2. The molecule has 0 aromatic heterocycles. The molecule has 1 unspecified atom stereocenters. The van der Waals surface area contributed by atoms with Gasteiger partial charge < -0.3 is 15.2 Å². The quantitative estimate of drug-likeness (QED) is 0.365. The number of rotatable bonds is 6. The van der Waals surface area contributed by atoms with Crippen molar-refractivity contribution in [3.8, 4) is 5.75 Å². The van der Waals surface area contributed by atoms with Crippen LogP contribution in [-0.4, -0.2) is 29.9 Å². The number of amides is 2. The molecule has 0 spiro atoms. The highest BCUT2D eigenvalue weighted by molar-refractivity contribution is 5.99. The van der Waals surface area contributed by atoms with Crippen LogP contribution in [0.15, 0.2) is 29.3 Å². The van der Waals surface area contributed by atoms with E-state index in [0.29, 0.717) is 6.61 Å². The van der Waals surface area contributed by atoms with Crippen LogP contribution in [0.2, 0.25) is 0 Å². The Bertz CT molecular complexity index is 514. The fourth-order valence-electron chi connectivity index (χ4n) is 1.42. The minimum atomic E-state index is -0.662. The molecule has 2 amide bonds. The maximum atomic E-state index is 11.6. The van der Waals surface area contributed by atoms with Crippen LogP contribution < -0.4 is 5.32 Å². The van der Waals surface area contributed by atoms with Crippen LogP contribution in [0.1, 0.15) is 26.7 Å². The average Bonchev–Trinajstić information content (AvgIpc) is 2.47. The van der Waals surface area contributed by atoms with Crippen molar-refractivity contribution in [3.63, 3.8) is 0 Å². The van der Waals surface area contributed by atoms with Crippen molar-refractivity contribution in [2.45, 2.75) is 26.7 Å². The first kappa shape index (κ1) is 16.7. The number of phenols is 1. The van der Waals surface area contributed by atoms with Crippen LogP contribution in [0.4, 0.5) is 10.5 Å². The number of carbonyl (C=O) groups is 2. The number of phenolic OH excluding ortho intramolecular Hbond substituents is 1. The molecule has 1 aromatic rings. The molecule has 0 bridgehead atoms. The summed E-state index contributed by atoms with van der Waals surface area (Å²) in [5.41, 5.74) is 0.262. The van der Waals surface area contributed by atoms with E-state index in [4.69, 9.17) is 4.74 Å². The third kappa shape index (κ3) is 6.07. The Morgan fingerprint density at radius 3 is 2.81 bits per heavy atom. The fourth-order valence-corrected chi connectivity index (χ4v) is 1.42. The maximum Gasteiger partial charge on any atom is 0.345 e. The number of nitrogens with zero attached hydrogens (tertiary/aromatic N) is 1. The van der Waals surface area contributed by atoms with Gasteiger partial charge in [-0.1, -0.05) is 25.5 Å². The molecule has 0 aliphatic rings. The molecule has 0 heterocycles.